The molecule has 2 aromatic rings. The second kappa shape index (κ2) is 8.27. The van der Waals surface area contributed by atoms with Crippen molar-refractivity contribution < 1.29 is 9.50 Å². The summed E-state index contributed by atoms with van der Waals surface area (Å²) in [5, 5.41) is 12.6. The summed E-state index contributed by atoms with van der Waals surface area (Å²) < 4.78 is 13.2. The normalized spacial score (nSPS) is 16.2. The number of halogens is 1. The summed E-state index contributed by atoms with van der Waals surface area (Å²) in [7, 11) is 0. The van der Waals surface area contributed by atoms with Crippen molar-refractivity contribution in [3.63, 3.8) is 0 Å². The number of likely N-dealkylation sites (tertiary alicyclic amines) is 1. The molecule has 0 amide bonds. The first-order valence-corrected chi connectivity index (χ1v) is 8.63. The van der Waals surface area contributed by atoms with Gasteiger partial charge in [0.15, 0.2) is 0 Å². The highest BCUT2D eigenvalue weighted by Crippen LogP contribution is 2.20. The van der Waals surface area contributed by atoms with Crippen molar-refractivity contribution in [3.05, 3.63) is 65.5 Å². The van der Waals surface area contributed by atoms with Crippen LogP contribution in [0.3, 0.4) is 0 Å². The van der Waals surface area contributed by atoms with Gasteiger partial charge in [0.1, 0.15) is 5.82 Å². The number of hydrogen-bond donors (Lipinski definition) is 2. The third-order valence-electron chi connectivity index (χ3n) is 4.68. The third kappa shape index (κ3) is 4.79. The van der Waals surface area contributed by atoms with Gasteiger partial charge in [0.25, 0.3) is 0 Å². The Balaban J connectivity index is 1.54. The third-order valence-corrected chi connectivity index (χ3v) is 4.68. The van der Waals surface area contributed by atoms with Crippen LogP contribution in [0.15, 0.2) is 48.5 Å². The van der Waals surface area contributed by atoms with Crippen molar-refractivity contribution in [1.29, 1.82) is 0 Å². The molecule has 1 aliphatic heterocycles. The summed E-state index contributed by atoms with van der Waals surface area (Å²) in [6.45, 7) is 3.96. The van der Waals surface area contributed by atoms with E-state index in [1.807, 2.05) is 12.1 Å². The van der Waals surface area contributed by atoms with Gasteiger partial charge in [0.2, 0.25) is 0 Å². The van der Waals surface area contributed by atoms with Crippen molar-refractivity contribution in [2.45, 2.75) is 25.9 Å². The Bertz CT molecular complexity index is 654. The predicted octanol–water partition coefficient (Wildman–Crippen LogP) is 3.64. The van der Waals surface area contributed by atoms with Gasteiger partial charge in [-0.05, 0) is 67.2 Å². The number of rotatable bonds is 6. The van der Waals surface area contributed by atoms with E-state index in [4.69, 9.17) is 0 Å². The minimum absolute atomic E-state index is 0.200. The van der Waals surface area contributed by atoms with Crippen molar-refractivity contribution in [1.82, 2.24) is 4.90 Å². The Hall–Kier alpha value is -1.91. The molecule has 1 fully saturated rings. The van der Waals surface area contributed by atoms with E-state index in [2.05, 4.69) is 28.4 Å². The van der Waals surface area contributed by atoms with Crippen molar-refractivity contribution >= 4 is 5.69 Å². The standard InChI is InChI=1S/C20H25FN2O/c21-19-5-1-3-17(11-19)13-22-20-6-2-4-18(12-20)14-23-9-7-16(15-24)8-10-23/h1-6,11-12,16,22,24H,7-10,13-15H2. The van der Waals surface area contributed by atoms with Gasteiger partial charge in [0, 0.05) is 25.4 Å². The molecule has 1 heterocycles. The quantitative estimate of drug-likeness (QED) is 0.850. The zero-order valence-corrected chi connectivity index (χ0v) is 13.9. The van der Waals surface area contributed by atoms with Gasteiger partial charge < -0.3 is 10.4 Å². The van der Waals surface area contributed by atoms with E-state index >= 15 is 0 Å². The van der Waals surface area contributed by atoms with Crippen LogP contribution in [-0.2, 0) is 13.1 Å². The van der Waals surface area contributed by atoms with E-state index in [-0.39, 0.29) is 5.82 Å². The Labute approximate surface area is 143 Å². The van der Waals surface area contributed by atoms with Crippen LogP contribution in [0.5, 0.6) is 0 Å². The van der Waals surface area contributed by atoms with E-state index in [0.29, 0.717) is 19.1 Å². The smallest absolute Gasteiger partial charge is 0.123 e. The molecule has 3 rings (SSSR count). The highest BCUT2D eigenvalue weighted by atomic mass is 19.1. The highest BCUT2D eigenvalue weighted by Gasteiger charge is 2.18. The average molecular weight is 328 g/mol. The molecular formula is C20H25FN2O. The fourth-order valence-corrected chi connectivity index (χ4v) is 3.22. The molecule has 0 unspecified atom stereocenters. The largest absolute Gasteiger partial charge is 0.396 e. The lowest BCUT2D eigenvalue weighted by Gasteiger charge is -2.31. The number of aliphatic hydroxyl groups is 1. The molecule has 0 aliphatic carbocycles. The maximum atomic E-state index is 13.2. The van der Waals surface area contributed by atoms with Crippen LogP contribution in [0.25, 0.3) is 0 Å². The zero-order chi connectivity index (χ0) is 16.8. The molecule has 24 heavy (non-hydrogen) atoms. The highest BCUT2D eigenvalue weighted by molar-refractivity contribution is 5.46. The van der Waals surface area contributed by atoms with Crippen molar-refractivity contribution in [3.8, 4) is 0 Å². The fraction of sp³-hybridized carbons (Fsp3) is 0.400. The maximum Gasteiger partial charge on any atom is 0.123 e. The van der Waals surface area contributed by atoms with Crippen LogP contribution in [0.1, 0.15) is 24.0 Å². The molecule has 0 atom stereocenters. The number of benzene rings is 2. The van der Waals surface area contributed by atoms with Crippen LogP contribution in [0.2, 0.25) is 0 Å². The van der Waals surface area contributed by atoms with Gasteiger partial charge in [-0.15, -0.1) is 0 Å². The number of piperidine rings is 1. The van der Waals surface area contributed by atoms with Crippen LogP contribution in [-0.4, -0.2) is 29.7 Å². The first-order valence-electron chi connectivity index (χ1n) is 8.63. The van der Waals surface area contributed by atoms with Crippen LogP contribution in [0, 0.1) is 11.7 Å². The molecule has 0 aromatic heterocycles. The average Bonchev–Trinajstić information content (AvgIpc) is 2.61. The molecule has 1 aliphatic rings. The molecule has 0 radical (unpaired) electrons. The van der Waals surface area contributed by atoms with Gasteiger partial charge in [0.05, 0.1) is 0 Å². The van der Waals surface area contributed by atoms with Crippen LogP contribution < -0.4 is 5.32 Å². The first kappa shape index (κ1) is 16.9. The Morgan fingerprint density at radius 1 is 1.04 bits per heavy atom. The van der Waals surface area contributed by atoms with E-state index < -0.39 is 0 Å². The zero-order valence-electron chi connectivity index (χ0n) is 13.9. The van der Waals surface area contributed by atoms with Gasteiger partial charge in [-0.25, -0.2) is 4.39 Å². The summed E-state index contributed by atoms with van der Waals surface area (Å²) in [5.41, 5.74) is 3.27. The number of nitrogens with one attached hydrogen (secondary N) is 1. The van der Waals surface area contributed by atoms with E-state index in [9.17, 15) is 9.50 Å². The molecular weight excluding hydrogens is 303 g/mol. The number of hydrogen-bond acceptors (Lipinski definition) is 3. The second-order valence-corrected chi connectivity index (χ2v) is 6.59. The van der Waals surface area contributed by atoms with E-state index in [1.54, 1.807) is 12.1 Å². The number of nitrogens with zero attached hydrogens (tertiary/aromatic N) is 1. The molecule has 3 nitrogen and oxygen atoms in total. The summed E-state index contributed by atoms with van der Waals surface area (Å²) in [4.78, 5) is 2.44. The van der Waals surface area contributed by atoms with Crippen LogP contribution >= 0.6 is 0 Å². The van der Waals surface area contributed by atoms with E-state index in [1.165, 1.54) is 11.6 Å². The Morgan fingerprint density at radius 2 is 1.79 bits per heavy atom. The molecule has 0 bridgehead atoms. The Morgan fingerprint density at radius 3 is 2.54 bits per heavy atom. The van der Waals surface area contributed by atoms with Gasteiger partial charge in [-0.3, -0.25) is 4.90 Å². The maximum absolute atomic E-state index is 13.2. The summed E-state index contributed by atoms with van der Waals surface area (Å²) in [6.07, 6.45) is 2.15. The summed E-state index contributed by atoms with van der Waals surface area (Å²) in [6, 6.07) is 15.1. The lowest BCUT2D eigenvalue weighted by atomic mass is 9.97. The van der Waals surface area contributed by atoms with Gasteiger partial charge in [-0.1, -0.05) is 24.3 Å². The topological polar surface area (TPSA) is 35.5 Å². The molecule has 128 valence electrons. The monoisotopic (exact) mass is 328 g/mol. The van der Waals surface area contributed by atoms with Crippen molar-refractivity contribution in [2.75, 3.05) is 25.0 Å². The van der Waals surface area contributed by atoms with E-state index in [0.717, 1.165) is 43.7 Å². The number of aliphatic hydroxyl groups excluding tert-OH is 1. The lowest BCUT2D eigenvalue weighted by molar-refractivity contribution is 0.127. The first-order chi connectivity index (χ1) is 11.7. The SMILES string of the molecule is OCC1CCN(Cc2cccc(NCc3cccc(F)c3)c2)CC1. The lowest BCUT2D eigenvalue weighted by Crippen LogP contribution is -2.34. The molecule has 2 aromatic carbocycles. The number of anilines is 1. The minimum atomic E-state index is -0.200. The molecule has 2 N–H and O–H groups in total. The molecule has 0 saturated carbocycles. The fourth-order valence-electron chi connectivity index (χ4n) is 3.22. The predicted molar refractivity (Wildman–Crippen MR) is 95.3 cm³/mol. The minimum Gasteiger partial charge on any atom is -0.396 e. The second-order valence-electron chi connectivity index (χ2n) is 6.59. The summed E-state index contributed by atoms with van der Waals surface area (Å²) >= 11 is 0. The molecule has 4 heteroatoms. The Kier molecular flexibility index (Phi) is 5.83. The summed E-state index contributed by atoms with van der Waals surface area (Å²) in [5.74, 6) is 0.273. The molecule has 1 saturated heterocycles. The van der Waals surface area contributed by atoms with Gasteiger partial charge >= 0.3 is 0 Å². The van der Waals surface area contributed by atoms with Gasteiger partial charge in [-0.2, -0.15) is 0 Å². The molecule has 0 spiro atoms. The van der Waals surface area contributed by atoms with Crippen molar-refractivity contribution in [2.24, 2.45) is 5.92 Å². The van der Waals surface area contributed by atoms with Crippen LogP contribution in [0.4, 0.5) is 10.1 Å².